The van der Waals surface area contributed by atoms with Crippen LogP contribution in [-0.4, -0.2) is 75.9 Å². The van der Waals surface area contributed by atoms with Crippen LogP contribution >= 0.6 is 0 Å². The second kappa shape index (κ2) is 8.20. The lowest BCUT2D eigenvalue weighted by atomic mass is 9.86. The van der Waals surface area contributed by atoms with Crippen molar-refractivity contribution >= 4 is 0 Å². The molecule has 1 saturated heterocycles. The van der Waals surface area contributed by atoms with Gasteiger partial charge in [0.15, 0.2) is 0 Å². The SMILES string of the molecule is CN(C)CCOCCN1CCCNC(C(C)(C)C)C1. The van der Waals surface area contributed by atoms with E-state index in [4.69, 9.17) is 4.74 Å². The van der Waals surface area contributed by atoms with E-state index in [9.17, 15) is 0 Å². The molecule has 1 aliphatic heterocycles. The minimum absolute atomic E-state index is 0.328. The molecule has 1 heterocycles. The first-order chi connectivity index (χ1) is 8.89. The summed E-state index contributed by atoms with van der Waals surface area (Å²) in [6.45, 7) is 14.2. The molecule has 1 aliphatic rings. The molecule has 0 amide bonds. The van der Waals surface area contributed by atoms with Crippen molar-refractivity contribution in [3.8, 4) is 0 Å². The second-order valence-corrected chi connectivity index (χ2v) is 6.94. The smallest absolute Gasteiger partial charge is 0.0594 e. The summed E-state index contributed by atoms with van der Waals surface area (Å²) in [4.78, 5) is 4.71. The molecule has 1 atom stereocenters. The van der Waals surface area contributed by atoms with Crippen LogP contribution in [0.25, 0.3) is 0 Å². The normalized spacial score (nSPS) is 22.7. The Morgan fingerprint density at radius 2 is 2.00 bits per heavy atom. The van der Waals surface area contributed by atoms with Crippen molar-refractivity contribution in [1.29, 1.82) is 0 Å². The van der Waals surface area contributed by atoms with Crippen LogP contribution in [0, 0.1) is 5.41 Å². The minimum Gasteiger partial charge on any atom is -0.379 e. The van der Waals surface area contributed by atoms with Crippen LogP contribution in [0.15, 0.2) is 0 Å². The summed E-state index contributed by atoms with van der Waals surface area (Å²) in [5.74, 6) is 0. The van der Waals surface area contributed by atoms with Gasteiger partial charge in [0.1, 0.15) is 0 Å². The number of nitrogens with one attached hydrogen (secondary N) is 1. The van der Waals surface area contributed by atoms with Gasteiger partial charge in [-0.05, 0) is 39.0 Å². The standard InChI is InChI=1S/C15H33N3O/c1-15(2,3)14-13-18(8-6-7-16-14)10-12-19-11-9-17(4)5/h14,16H,6-13H2,1-5H3. The maximum atomic E-state index is 5.71. The van der Waals surface area contributed by atoms with Gasteiger partial charge in [-0.1, -0.05) is 20.8 Å². The molecule has 4 heteroatoms. The molecule has 1 N–H and O–H groups in total. The van der Waals surface area contributed by atoms with E-state index in [1.807, 2.05) is 0 Å². The maximum Gasteiger partial charge on any atom is 0.0594 e. The summed E-state index contributed by atoms with van der Waals surface area (Å²) in [5.41, 5.74) is 0.328. The van der Waals surface area contributed by atoms with Gasteiger partial charge in [0.2, 0.25) is 0 Å². The van der Waals surface area contributed by atoms with E-state index in [2.05, 4.69) is 50.0 Å². The van der Waals surface area contributed by atoms with Crippen molar-refractivity contribution in [2.45, 2.75) is 33.2 Å². The highest BCUT2D eigenvalue weighted by Crippen LogP contribution is 2.21. The van der Waals surface area contributed by atoms with Gasteiger partial charge >= 0.3 is 0 Å². The van der Waals surface area contributed by atoms with Gasteiger partial charge in [-0.3, -0.25) is 4.90 Å². The largest absolute Gasteiger partial charge is 0.379 e. The van der Waals surface area contributed by atoms with Crippen LogP contribution < -0.4 is 5.32 Å². The predicted molar refractivity (Wildman–Crippen MR) is 81.7 cm³/mol. The number of likely N-dealkylation sites (N-methyl/N-ethyl adjacent to an activating group) is 1. The van der Waals surface area contributed by atoms with Gasteiger partial charge < -0.3 is 15.0 Å². The van der Waals surface area contributed by atoms with Crippen LogP contribution in [0.4, 0.5) is 0 Å². The Balaban J connectivity index is 2.24. The van der Waals surface area contributed by atoms with E-state index in [-0.39, 0.29) is 0 Å². The number of nitrogens with zero attached hydrogens (tertiary/aromatic N) is 2. The fourth-order valence-corrected chi connectivity index (χ4v) is 2.32. The highest BCUT2D eigenvalue weighted by molar-refractivity contribution is 4.85. The zero-order chi connectivity index (χ0) is 14.3. The first-order valence-corrected chi connectivity index (χ1v) is 7.58. The van der Waals surface area contributed by atoms with E-state index >= 15 is 0 Å². The van der Waals surface area contributed by atoms with Gasteiger partial charge in [-0.2, -0.15) is 0 Å². The molecular weight excluding hydrogens is 238 g/mol. The highest BCUT2D eigenvalue weighted by atomic mass is 16.5. The second-order valence-electron chi connectivity index (χ2n) is 6.94. The molecule has 114 valence electrons. The molecule has 0 bridgehead atoms. The van der Waals surface area contributed by atoms with Crippen LogP contribution in [0.5, 0.6) is 0 Å². The maximum absolute atomic E-state index is 5.71. The van der Waals surface area contributed by atoms with E-state index in [1.165, 1.54) is 13.0 Å². The zero-order valence-electron chi connectivity index (χ0n) is 13.5. The lowest BCUT2D eigenvalue weighted by Crippen LogP contribution is -2.46. The van der Waals surface area contributed by atoms with Crippen LogP contribution in [-0.2, 0) is 4.74 Å². The number of hydrogen-bond acceptors (Lipinski definition) is 4. The molecule has 0 aromatic carbocycles. The molecule has 1 fully saturated rings. The topological polar surface area (TPSA) is 27.7 Å². The number of hydrogen-bond donors (Lipinski definition) is 1. The molecule has 0 aromatic heterocycles. The summed E-state index contributed by atoms with van der Waals surface area (Å²) < 4.78 is 5.71. The molecule has 0 saturated carbocycles. The van der Waals surface area contributed by atoms with Crippen molar-refractivity contribution in [3.63, 3.8) is 0 Å². The first kappa shape index (κ1) is 16.9. The first-order valence-electron chi connectivity index (χ1n) is 7.58. The molecule has 0 spiro atoms. The number of ether oxygens (including phenoxy) is 1. The molecule has 0 aliphatic carbocycles. The van der Waals surface area contributed by atoms with Gasteiger partial charge in [0.25, 0.3) is 0 Å². The Hall–Kier alpha value is -0.160. The van der Waals surface area contributed by atoms with Crippen LogP contribution in [0.2, 0.25) is 0 Å². The summed E-state index contributed by atoms with van der Waals surface area (Å²) in [6, 6.07) is 0.580. The van der Waals surface area contributed by atoms with Gasteiger partial charge in [-0.15, -0.1) is 0 Å². The monoisotopic (exact) mass is 271 g/mol. The summed E-state index contributed by atoms with van der Waals surface area (Å²) in [7, 11) is 4.16. The molecular formula is C15H33N3O. The Kier molecular flexibility index (Phi) is 7.29. The Morgan fingerprint density at radius 3 is 2.63 bits per heavy atom. The Bertz CT molecular complexity index is 238. The average molecular weight is 271 g/mol. The van der Waals surface area contributed by atoms with E-state index in [0.717, 1.165) is 39.4 Å². The lowest BCUT2D eigenvalue weighted by Gasteiger charge is -2.33. The molecule has 19 heavy (non-hydrogen) atoms. The van der Waals surface area contributed by atoms with Gasteiger partial charge in [-0.25, -0.2) is 0 Å². The zero-order valence-corrected chi connectivity index (χ0v) is 13.5. The summed E-state index contributed by atoms with van der Waals surface area (Å²) >= 11 is 0. The van der Waals surface area contributed by atoms with E-state index in [0.29, 0.717) is 11.5 Å². The van der Waals surface area contributed by atoms with Crippen molar-refractivity contribution in [1.82, 2.24) is 15.1 Å². The third-order valence-corrected chi connectivity index (χ3v) is 3.76. The summed E-state index contributed by atoms with van der Waals surface area (Å²) in [5, 5.41) is 3.68. The molecule has 1 rings (SSSR count). The average Bonchev–Trinajstić information content (AvgIpc) is 2.53. The molecule has 0 aromatic rings. The predicted octanol–water partition coefficient (Wildman–Crippen LogP) is 1.27. The quantitative estimate of drug-likeness (QED) is 0.737. The van der Waals surface area contributed by atoms with Crippen molar-refractivity contribution in [2.24, 2.45) is 5.41 Å². The van der Waals surface area contributed by atoms with E-state index < -0.39 is 0 Å². The number of rotatable bonds is 6. The molecule has 1 unspecified atom stereocenters. The third-order valence-electron chi connectivity index (χ3n) is 3.76. The Morgan fingerprint density at radius 1 is 1.26 bits per heavy atom. The van der Waals surface area contributed by atoms with Crippen molar-refractivity contribution < 1.29 is 4.74 Å². The lowest BCUT2D eigenvalue weighted by molar-refractivity contribution is 0.0870. The van der Waals surface area contributed by atoms with Gasteiger partial charge in [0.05, 0.1) is 13.2 Å². The fraction of sp³-hybridized carbons (Fsp3) is 1.00. The van der Waals surface area contributed by atoms with Crippen LogP contribution in [0.1, 0.15) is 27.2 Å². The third kappa shape index (κ3) is 7.25. The van der Waals surface area contributed by atoms with Crippen LogP contribution in [0.3, 0.4) is 0 Å². The minimum atomic E-state index is 0.328. The molecule has 0 radical (unpaired) electrons. The molecule has 4 nitrogen and oxygen atoms in total. The van der Waals surface area contributed by atoms with E-state index in [1.54, 1.807) is 0 Å². The highest BCUT2D eigenvalue weighted by Gasteiger charge is 2.27. The summed E-state index contributed by atoms with van der Waals surface area (Å²) in [6.07, 6.45) is 1.24. The van der Waals surface area contributed by atoms with Crippen molar-refractivity contribution in [3.05, 3.63) is 0 Å². The van der Waals surface area contributed by atoms with Gasteiger partial charge in [0, 0.05) is 25.7 Å². The fourth-order valence-electron chi connectivity index (χ4n) is 2.32. The Labute approximate surface area is 119 Å². The van der Waals surface area contributed by atoms with Crippen molar-refractivity contribution in [2.75, 3.05) is 60.0 Å².